The molecule has 1 N–H and O–H groups in total. The van der Waals surface area contributed by atoms with E-state index in [0.29, 0.717) is 4.88 Å². The molecule has 0 aromatic carbocycles. The second kappa shape index (κ2) is 10.5. The van der Waals surface area contributed by atoms with Gasteiger partial charge in [0.05, 0.1) is 6.10 Å². The summed E-state index contributed by atoms with van der Waals surface area (Å²) in [6.07, 6.45) is -0.542. The van der Waals surface area contributed by atoms with Gasteiger partial charge in [0.2, 0.25) is 5.78 Å². The third kappa shape index (κ3) is 6.96. The molecular weight excluding hydrogens is 346 g/mol. The normalized spacial score (nSPS) is 12.8. The molecule has 2 atom stereocenters. The average molecular weight is 367 g/mol. The van der Waals surface area contributed by atoms with E-state index in [0.717, 1.165) is 6.21 Å². The summed E-state index contributed by atoms with van der Waals surface area (Å²) in [5, 5.41) is 4.38. The van der Waals surface area contributed by atoms with Crippen LogP contribution in [0, 0.1) is 0 Å². The van der Waals surface area contributed by atoms with E-state index >= 15 is 0 Å². The van der Waals surface area contributed by atoms with Gasteiger partial charge in [-0.05, 0) is 31.7 Å². The predicted octanol–water partition coefficient (Wildman–Crippen LogP) is 1.52. The van der Waals surface area contributed by atoms with Gasteiger partial charge < -0.3 is 20.3 Å². The highest BCUT2D eigenvalue weighted by molar-refractivity contribution is 7.10. The lowest BCUT2D eigenvalue weighted by molar-refractivity contribution is -0.152. The second-order valence-electron chi connectivity index (χ2n) is 5.43. The third-order valence-corrected chi connectivity index (χ3v) is 4.02. The van der Waals surface area contributed by atoms with Crippen molar-refractivity contribution in [2.45, 2.75) is 44.9 Å². The Morgan fingerprint density at radius 1 is 1.40 bits per heavy atom. The number of nitrogens with one attached hydrogen (secondary N) is 1. The Labute approximate surface area is 149 Å². The van der Waals surface area contributed by atoms with E-state index < -0.39 is 29.8 Å². The first-order valence-corrected chi connectivity index (χ1v) is 8.54. The molecule has 1 aromatic rings. The fourth-order valence-electron chi connectivity index (χ4n) is 2.02. The number of ketones is 1. The summed E-state index contributed by atoms with van der Waals surface area (Å²) in [6.45, 7) is 3.37. The maximum Gasteiger partial charge on any atom is 0.328 e. The van der Waals surface area contributed by atoms with Crippen LogP contribution in [0.2, 0.25) is 0 Å². The summed E-state index contributed by atoms with van der Waals surface area (Å²) >= 11 is 1.35. The summed E-state index contributed by atoms with van der Waals surface area (Å²) in [7, 11) is 1.40. The highest BCUT2D eigenvalue weighted by atomic mass is 32.1. The molecule has 9 heteroatoms. The van der Waals surface area contributed by atoms with Crippen LogP contribution in [0.3, 0.4) is 0 Å². The molecule has 0 bridgehead atoms. The smallest absolute Gasteiger partial charge is 0.328 e. The van der Waals surface area contributed by atoms with Crippen LogP contribution in [-0.2, 0) is 23.9 Å². The Kier molecular flexibility index (Phi) is 8.69. The van der Waals surface area contributed by atoms with Crippen molar-refractivity contribution < 1.29 is 28.6 Å². The second-order valence-corrected chi connectivity index (χ2v) is 6.41. The number of Topliss-reactive ketones (excluding diaryl/α,β-unsaturated/α-hetero) is 1. The third-order valence-electron chi connectivity index (χ3n) is 3.11. The number of rotatable bonds is 10. The predicted molar refractivity (Wildman–Crippen MR) is 91.2 cm³/mol. The molecule has 1 amide bonds. The van der Waals surface area contributed by atoms with Gasteiger partial charge in [0, 0.05) is 18.4 Å². The molecule has 1 aromatic heterocycles. The van der Waals surface area contributed by atoms with Crippen LogP contribution in [0.1, 0.15) is 37.7 Å². The van der Waals surface area contributed by atoms with Crippen LogP contribution in [0.5, 0.6) is 0 Å². The van der Waals surface area contributed by atoms with Crippen molar-refractivity contribution in [1.82, 2.24) is 5.32 Å². The van der Waals surface area contributed by atoms with Gasteiger partial charge in [-0.3, -0.25) is 9.59 Å². The maximum absolute atomic E-state index is 12.5. The number of amides is 1. The zero-order valence-corrected chi connectivity index (χ0v) is 15.1. The Balaban J connectivity index is 2.83. The van der Waals surface area contributed by atoms with Crippen LogP contribution in [0.15, 0.2) is 17.5 Å². The average Bonchev–Trinajstić information content (AvgIpc) is 3.05. The molecule has 0 aliphatic heterocycles. The van der Waals surface area contributed by atoms with Gasteiger partial charge in [-0.25, -0.2) is 4.79 Å². The van der Waals surface area contributed by atoms with Gasteiger partial charge in [-0.1, -0.05) is 6.07 Å². The van der Waals surface area contributed by atoms with Crippen LogP contribution in [0.4, 0.5) is 0 Å². The Bertz CT molecular complexity index is 638. The van der Waals surface area contributed by atoms with Gasteiger partial charge in [-0.2, -0.15) is 4.79 Å². The van der Waals surface area contributed by atoms with Gasteiger partial charge in [-0.15, -0.1) is 11.3 Å². The summed E-state index contributed by atoms with van der Waals surface area (Å²) in [4.78, 5) is 39.4. The molecule has 25 heavy (non-hydrogen) atoms. The van der Waals surface area contributed by atoms with Crippen molar-refractivity contribution >= 4 is 35.2 Å². The number of carbonyl (C=O) groups is 3. The molecule has 0 unspecified atom stereocenters. The highest BCUT2D eigenvalue weighted by Crippen LogP contribution is 2.22. The zero-order valence-electron chi connectivity index (χ0n) is 14.3. The number of nitrogens with zero attached hydrogens (tertiary/aromatic N) is 2. The van der Waals surface area contributed by atoms with Gasteiger partial charge in [0.1, 0.15) is 6.04 Å². The topological polar surface area (TPSA) is 118 Å². The van der Waals surface area contributed by atoms with Gasteiger partial charge in [0.25, 0.3) is 5.91 Å². The summed E-state index contributed by atoms with van der Waals surface area (Å²) < 4.78 is 10.3. The van der Waals surface area contributed by atoms with E-state index in [4.69, 9.17) is 15.0 Å². The van der Waals surface area contributed by atoms with Crippen molar-refractivity contribution in [3.8, 4) is 0 Å². The van der Waals surface area contributed by atoms with Crippen molar-refractivity contribution in [2.24, 2.45) is 0 Å². The van der Waals surface area contributed by atoms with E-state index in [1.807, 2.05) is 5.38 Å². The van der Waals surface area contributed by atoms with Gasteiger partial charge in [0.15, 0.2) is 6.10 Å². The number of carbonyl (C=O) groups excluding carboxylic acids is 3. The zero-order chi connectivity index (χ0) is 18.8. The molecule has 1 rings (SSSR count). The summed E-state index contributed by atoms with van der Waals surface area (Å²) in [5.74, 6) is -1.61. The number of thiophene rings is 1. The van der Waals surface area contributed by atoms with E-state index in [2.05, 4.69) is 10.1 Å². The van der Waals surface area contributed by atoms with E-state index in [-0.39, 0.29) is 18.9 Å². The molecule has 0 aliphatic carbocycles. The lowest BCUT2D eigenvalue weighted by Gasteiger charge is -2.21. The summed E-state index contributed by atoms with van der Waals surface area (Å²) in [5.41, 5.74) is 8.36. The number of methoxy groups -OCH3 is 1. The lowest BCUT2D eigenvalue weighted by atomic mass is 10.1. The van der Waals surface area contributed by atoms with Gasteiger partial charge >= 0.3 is 12.2 Å². The van der Waals surface area contributed by atoms with Crippen LogP contribution in [0.25, 0.3) is 5.53 Å². The Hall–Kier alpha value is -2.35. The Morgan fingerprint density at radius 3 is 2.64 bits per heavy atom. The number of ether oxygens (including phenoxy) is 2. The first kappa shape index (κ1) is 20.7. The van der Waals surface area contributed by atoms with E-state index in [1.54, 1.807) is 26.0 Å². The Morgan fingerprint density at radius 2 is 2.12 bits per heavy atom. The molecule has 0 fully saturated rings. The number of hydrogen-bond acceptors (Lipinski definition) is 6. The molecule has 0 spiro atoms. The van der Waals surface area contributed by atoms with Crippen LogP contribution in [-0.4, -0.2) is 47.9 Å². The number of esters is 1. The van der Waals surface area contributed by atoms with E-state index in [1.165, 1.54) is 18.4 Å². The quantitative estimate of drug-likeness (QED) is 0.291. The minimum absolute atomic E-state index is 0.0169. The molecule has 0 saturated heterocycles. The fraction of sp³-hybridized carbons (Fsp3) is 0.500. The van der Waals surface area contributed by atoms with Crippen LogP contribution < -0.4 is 5.32 Å². The van der Waals surface area contributed by atoms with E-state index in [9.17, 15) is 14.4 Å². The highest BCUT2D eigenvalue weighted by Gasteiger charge is 2.29. The van der Waals surface area contributed by atoms with Crippen molar-refractivity contribution in [3.05, 3.63) is 27.9 Å². The van der Waals surface area contributed by atoms with Crippen molar-refractivity contribution in [2.75, 3.05) is 7.11 Å². The molecule has 1 heterocycles. The molecule has 8 nitrogen and oxygen atoms in total. The van der Waals surface area contributed by atoms with Crippen molar-refractivity contribution in [3.63, 3.8) is 0 Å². The minimum atomic E-state index is -1.01. The monoisotopic (exact) mass is 367 g/mol. The minimum Gasteiger partial charge on any atom is -0.461 e. The fourth-order valence-corrected chi connectivity index (χ4v) is 2.82. The first-order valence-electron chi connectivity index (χ1n) is 7.66. The first-order chi connectivity index (χ1) is 11.9. The number of hydrogen-bond donors (Lipinski definition) is 1. The van der Waals surface area contributed by atoms with Crippen molar-refractivity contribution in [1.29, 1.82) is 0 Å². The van der Waals surface area contributed by atoms with Crippen LogP contribution >= 0.6 is 11.3 Å². The standard InChI is InChI=1S/C16H21N3O5S/c1-10(2)24-16(22)12(7-6-11(20)9-18-17)19-15(21)14(23-3)13-5-4-8-25-13/h4-5,8-10,12,14H,6-7H2,1-3H3,(H,19,21)/t12-,14-/m0/s1. The molecule has 0 aliphatic rings. The lowest BCUT2D eigenvalue weighted by Crippen LogP contribution is -2.45. The molecule has 0 radical (unpaired) electrons. The molecular formula is C16H21N3O5S. The maximum atomic E-state index is 12.5. The molecule has 136 valence electrons. The SMILES string of the molecule is CO[C@H](C(=O)N[C@@H](CCC(=O)C=[N+]=[N-])C(=O)OC(C)C)c1cccs1. The summed E-state index contributed by atoms with van der Waals surface area (Å²) in [6, 6.07) is 2.53. The molecule has 0 saturated carbocycles. The largest absolute Gasteiger partial charge is 0.461 e.